The second kappa shape index (κ2) is 5.90. The molecule has 0 unspecified atom stereocenters. The molecule has 2 nitrogen and oxygen atoms in total. The summed E-state index contributed by atoms with van der Waals surface area (Å²) in [5.41, 5.74) is 2.79. The number of nitrogens with one attached hydrogen (secondary N) is 1. The van der Waals surface area contributed by atoms with Crippen LogP contribution in [0.3, 0.4) is 0 Å². The normalized spacial score (nSPS) is 16.4. The molecule has 0 bridgehead atoms. The number of hydrogen-bond donors (Lipinski definition) is 1. The first kappa shape index (κ1) is 11.5. The summed E-state index contributed by atoms with van der Waals surface area (Å²) in [6.45, 7) is 6.62. The van der Waals surface area contributed by atoms with E-state index in [-0.39, 0.29) is 0 Å². The molecule has 1 aromatic rings. The first-order chi connectivity index (χ1) is 7.90. The number of nitrogens with zero attached hydrogens (tertiary/aromatic N) is 1. The Hall–Kier alpha value is -1.02. The van der Waals surface area contributed by atoms with Gasteiger partial charge in [0, 0.05) is 25.3 Å². The predicted molar refractivity (Wildman–Crippen MR) is 69.9 cm³/mol. The molecule has 0 spiro atoms. The van der Waals surface area contributed by atoms with E-state index in [0.717, 1.165) is 13.1 Å². The smallest absolute Gasteiger partial charge is 0.0369 e. The molecule has 2 rings (SSSR count). The molecule has 1 N–H and O–H groups in total. The van der Waals surface area contributed by atoms with Crippen LogP contribution >= 0.6 is 0 Å². The summed E-state index contributed by atoms with van der Waals surface area (Å²) in [5, 5.41) is 3.38. The molecule has 0 aromatic heterocycles. The molecule has 1 saturated heterocycles. The summed E-state index contributed by atoms with van der Waals surface area (Å²) in [4.78, 5) is 2.51. The summed E-state index contributed by atoms with van der Waals surface area (Å²) in [7, 11) is 0. The summed E-state index contributed by atoms with van der Waals surface area (Å²) in [6, 6.07) is 8.95. The van der Waals surface area contributed by atoms with Crippen LogP contribution in [0.4, 0.5) is 5.69 Å². The first-order valence-corrected chi connectivity index (χ1v) is 6.45. The van der Waals surface area contributed by atoms with Crippen molar-refractivity contribution in [3.63, 3.8) is 0 Å². The predicted octanol–water partition coefficient (Wildman–Crippen LogP) is 2.79. The lowest BCUT2D eigenvalue weighted by Gasteiger charge is -2.29. The van der Waals surface area contributed by atoms with Gasteiger partial charge >= 0.3 is 0 Å². The van der Waals surface area contributed by atoms with Crippen LogP contribution in [0, 0.1) is 0 Å². The summed E-state index contributed by atoms with van der Waals surface area (Å²) in [6.07, 6.45) is 4.09. The standard InChI is InChI=1S/C14H22N2/c1-2-15-12-13-7-6-8-14(11-13)16-9-4-3-5-10-16/h6-8,11,15H,2-5,9-10,12H2,1H3. The van der Waals surface area contributed by atoms with Gasteiger partial charge in [0.15, 0.2) is 0 Å². The van der Waals surface area contributed by atoms with E-state index in [1.165, 1.54) is 43.6 Å². The third-order valence-electron chi connectivity index (χ3n) is 3.21. The van der Waals surface area contributed by atoms with Crippen molar-refractivity contribution >= 4 is 5.69 Å². The third-order valence-corrected chi connectivity index (χ3v) is 3.21. The molecule has 1 aromatic carbocycles. The zero-order chi connectivity index (χ0) is 11.2. The van der Waals surface area contributed by atoms with Crippen molar-refractivity contribution in [3.8, 4) is 0 Å². The fourth-order valence-corrected chi connectivity index (χ4v) is 2.28. The average Bonchev–Trinajstić information content (AvgIpc) is 2.38. The number of piperidine rings is 1. The van der Waals surface area contributed by atoms with Crippen LogP contribution in [0.25, 0.3) is 0 Å². The molecule has 1 fully saturated rings. The second-order valence-electron chi connectivity index (χ2n) is 4.50. The van der Waals surface area contributed by atoms with Crippen molar-refractivity contribution in [3.05, 3.63) is 29.8 Å². The topological polar surface area (TPSA) is 15.3 Å². The highest BCUT2D eigenvalue weighted by molar-refractivity contribution is 5.48. The molecular formula is C14H22N2. The van der Waals surface area contributed by atoms with Crippen LogP contribution in [-0.4, -0.2) is 19.6 Å². The van der Waals surface area contributed by atoms with E-state index in [4.69, 9.17) is 0 Å². The molecule has 0 radical (unpaired) electrons. The maximum atomic E-state index is 3.38. The van der Waals surface area contributed by atoms with E-state index in [2.05, 4.69) is 41.4 Å². The van der Waals surface area contributed by atoms with Gasteiger partial charge in [-0.1, -0.05) is 19.1 Å². The molecule has 0 aliphatic carbocycles. The molecule has 1 heterocycles. The van der Waals surface area contributed by atoms with Crippen molar-refractivity contribution in [1.82, 2.24) is 5.32 Å². The van der Waals surface area contributed by atoms with Gasteiger partial charge in [0.05, 0.1) is 0 Å². The largest absolute Gasteiger partial charge is 0.372 e. The van der Waals surface area contributed by atoms with Gasteiger partial charge in [-0.2, -0.15) is 0 Å². The number of hydrogen-bond acceptors (Lipinski definition) is 2. The van der Waals surface area contributed by atoms with Crippen LogP contribution in [0.15, 0.2) is 24.3 Å². The Morgan fingerprint density at radius 1 is 1.19 bits per heavy atom. The Labute approximate surface area is 98.7 Å². The first-order valence-electron chi connectivity index (χ1n) is 6.45. The fourth-order valence-electron chi connectivity index (χ4n) is 2.28. The van der Waals surface area contributed by atoms with E-state index in [1.807, 2.05) is 0 Å². The van der Waals surface area contributed by atoms with Crippen molar-refractivity contribution in [2.45, 2.75) is 32.7 Å². The second-order valence-corrected chi connectivity index (χ2v) is 4.50. The highest BCUT2D eigenvalue weighted by Crippen LogP contribution is 2.20. The number of rotatable bonds is 4. The van der Waals surface area contributed by atoms with Gasteiger partial charge in [0.2, 0.25) is 0 Å². The van der Waals surface area contributed by atoms with E-state index in [9.17, 15) is 0 Å². The quantitative estimate of drug-likeness (QED) is 0.836. The lowest BCUT2D eigenvalue weighted by Crippen LogP contribution is -2.29. The van der Waals surface area contributed by atoms with E-state index < -0.39 is 0 Å². The van der Waals surface area contributed by atoms with Gasteiger partial charge in [-0.25, -0.2) is 0 Å². The van der Waals surface area contributed by atoms with Crippen molar-refractivity contribution < 1.29 is 0 Å². The third kappa shape index (κ3) is 2.99. The van der Waals surface area contributed by atoms with Gasteiger partial charge in [-0.15, -0.1) is 0 Å². The molecule has 2 heteroatoms. The molecule has 0 atom stereocenters. The molecule has 1 aliphatic rings. The Balaban J connectivity index is 2.02. The zero-order valence-corrected chi connectivity index (χ0v) is 10.2. The van der Waals surface area contributed by atoms with Crippen LogP contribution in [-0.2, 0) is 6.54 Å². The highest BCUT2D eigenvalue weighted by Gasteiger charge is 2.10. The van der Waals surface area contributed by atoms with Crippen molar-refractivity contribution in [2.24, 2.45) is 0 Å². The monoisotopic (exact) mass is 218 g/mol. The van der Waals surface area contributed by atoms with Crippen LogP contribution < -0.4 is 10.2 Å². The number of anilines is 1. The SMILES string of the molecule is CCNCc1cccc(N2CCCCC2)c1. The van der Waals surface area contributed by atoms with Crippen LogP contribution in [0.5, 0.6) is 0 Å². The molecule has 88 valence electrons. The minimum absolute atomic E-state index is 0.984. The molecule has 0 amide bonds. The Morgan fingerprint density at radius 3 is 2.75 bits per heavy atom. The molecule has 16 heavy (non-hydrogen) atoms. The number of benzene rings is 1. The lowest BCUT2D eigenvalue weighted by molar-refractivity contribution is 0.577. The Morgan fingerprint density at radius 2 is 2.00 bits per heavy atom. The minimum Gasteiger partial charge on any atom is -0.372 e. The van der Waals surface area contributed by atoms with Crippen molar-refractivity contribution in [2.75, 3.05) is 24.5 Å². The Kier molecular flexibility index (Phi) is 4.23. The van der Waals surface area contributed by atoms with Gasteiger partial charge in [-0.3, -0.25) is 0 Å². The average molecular weight is 218 g/mol. The summed E-state index contributed by atoms with van der Waals surface area (Å²) >= 11 is 0. The molecule has 1 aliphatic heterocycles. The van der Waals surface area contributed by atoms with Crippen molar-refractivity contribution in [1.29, 1.82) is 0 Å². The minimum atomic E-state index is 0.984. The Bertz CT molecular complexity index is 316. The molecule has 0 saturated carbocycles. The van der Waals surface area contributed by atoms with Gasteiger partial charge in [0.25, 0.3) is 0 Å². The zero-order valence-electron chi connectivity index (χ0n) is 10.2. The summed E-state index contributed by atoms with van der Waals surface area (Å²) in [5.74, 6) is 0. The van der Waals surface area contributed by atoms with E-state index >= 15 is 0 Å². The lowest BCUT2D eigenvalue weighted by atomic mass is 10.1. The van der Waals surface area contributed by atoms with Crippen LogP contribution in [0.2, 0.25) is 0 Å². The van der Waals surface area contributed by atoms with E-state index in [1.54, 1.807) is 0 Å². The van der Waals surface area contributed by atoms with Gasteiger partial charge in [-0.05, 0) is 43.5 Å². The maximum Gasteiger partial charge on any atom is 0.0369 e. The van der Waals surface area contributed by atoms with Gasteiger partial charge in [0.1, 0.15) is 0 Å². The van der Waals surface area contributed by atoms with E-state index in [0.29, 0.717) is 0 Å². The van der Waals surface area contributed by atoms with Crippen LogP contribution in [0.1, 0.15) is 31.7 Å². The maximum absolute atomic E-state index is 3.38. The van der Waals surface area contributed by atoms with Gasteiger partial charge < -0.3 is 10.2 Å². The molecular weight excluding hydrogens is 196 g/mol. The fraction of sp³-hybridized carbons (Fsp3) is 0.571. The summed E-state index contributed by atoms with van der Waals surface area (Å²) < 4.78 is 0. The highest BCUT2D eigenvalue weighted by atomic mass is 15.1.